The topological polar surface area (TPSA) is 38.0 Å². The fourth-order valence-electron chi connectivity index (χ4n) is 1.73. The molecular formula is C13H14ClFN2O. The van der Waals surface area contributed by atoms with Crippen LogP contribution in [0.4, 0.5) is 4.39 Å². The number of aryl methyl sites for hydroxylation is 1. The van der Waals surface area contributed by atoms with E-state index in [1.54, 1.807) is 23.1 Å². The van der Waals surface area contributed by atoms with E-state index in [1.165, 1.54) is 12.1 Å². The van der Waals surface area contributed by atoms with E-state index in [0.29, 0.717) is 12.0 Å². The van der Waals surface area contributed by atoms with E-state index in [0.717, 1.165) is 12.1 Å². The van der Waals surface area contributed by atoms with Crippen LogP contribution >= 0.6 is 11.6 Å². The summed E-state index contributed by atoms with van der Waals surface area (Å²) in [6.07, 6.45) is 3.06. The first kappa shape index (κ1) is 13.1. The van der Waals surface area contributed by atoms with Gasteiger partial charge in [-0.3, -0.25) is 4.68 Å². The summed E-state index contributed by atoms with van der Waals surface area (Å²) in [6, 6.07) is 4.54. The van der Waals surface area contributed by atoms with Crippen molar-refractivity contribution in [3.63, 3.8) is 0 Å². The molecule has 1 aromatic heterocycles. The predicted molar refractivity (Wildman–Crippen MR) is 68.0 cm³/mol. The van der Waals surface area contributed by atoms with Crippen LogP contribution < -0.4 is 0 Å². The molecule has 1 aromatic carbocycles. The molecule has 1 heterocycles. The van der Waals surface area contributed by atoms with Gasteiger partial charge >= 0.3 is 0 Å². The van der Waals surface area contributed by atoms with Crippen LogP contribution in [0, 0.1) is 5.82 Å². The molecule has 0 spiro atoms. The van der Waals surface area contributed by atoms with Crippen molar-refractivity contribution in [1.29, 1.82) is 0 Å². The SMILES string of the molecule is CCn1cc(C(O)Cc2ccc(Cl)c(F)c2)cn1. The summed E-state index contributed by atoms with van der Waals surface area (Å²) in [4.78, 5) is 0. The second-order valence-corrected chi connectivity index (χ2v) is 4.50. The van der Waals surface area contributed by atoms with Crippen LogP contribution in [0.5, 0.6) is 0 Å². The second kappa shape index (κ2) is 5.50. The smallest absolute Gasteiger partial charge is 0.142 e. The number of halogens is 2. The summed E-state index contributed by atoms with van der Waals surface area (Å²) in [7, 11) is 0. The van der Waals surface area contributed by atoms with Gasteiger partial charge in [-0.15, -0.1) is 0 Å². The van der Waals surface area contributed by atoms with Gasteiger partial charge in [-0.05, 0) is 24.6 Å². The summed E-state index contributed by atoms with van der Waals surface area (Å²) in [6.45, 7) is 2.72. The lowest BCUT2D eigenvalue weighted by atomic mass is 10.0. The Morgan fingerprint density at radius 1 is 1.50 bits per heavy atom. The number of nitrogens with zero attached hydrogens (tertiary/aromatic N) is 2. The maximum Gasteiger partial charge on any atom is 0.142 e. The molecule has 1 atom stereocenters. The first-order valence-corrected chi connectivity index (χ1v) is 6.12. The third kappa shape index (κ3) is 2.89. The number of hydrogen-bond donors (Lipinski definition) is 1. The van der Waals surface area contributed by atoms with Gasteiger partial charge in [-0.1, -0.05) is 17.7 Å². The van der Waals surface area contributed by atoms with Crippen molar-refractivity contribution in [2.75, 3.05) is 0 Å². The first-order chi connectivity index (χ1) is 8.60. The minimum absolute atomic E-state index is 0.0899. The Balaban J connectivity index is 2.10. The molecule has 18 heavy (non-hydrogen) atoms. The molecular weight excluding hydrogens is 255 g/mol. The van der Waals surface area contributed by atoms with Gasteiger partial charge in [0.25, 0.3) is 0 Å². The normalized spacial score (nSPS) is 12.7. The van der Waals surface area contributed by atoms with E-state index in [1.807, 2.05) is 6.92 Å². The van der Waals surface area contributed by atoms with E-state index >= 15 is 0 Å². The molecule has 0 fully saturated rings. The lowest BCUT2D eigenvalue weighted by Gasteiger charge is -2.08. The van der Waals surface area contributed by atoms with Gasteiger partial charge in [0.1, 0.15) is 5.82 Å². The van der Waals surface area contributed by atoms with Crippen molar-refractivity contribution in [1.82, 2.24) is 9.78 Å². The molecule has 0 aliphatic heterocycles. The number of aliphatic hydroxyl groups is 1. The van der Waals surface area contributed by atoms with Crippen molar-refractivity contribution in [2.45, 2.75) is 26.0 Å². The van der Waals surface area contributed by atoms with E-state index in [9.17, 15) is 9.50 Å². The largest absolute Gasteiger partial charge is 0.388 e. The van der Waals surface area contributed by atoms with Crippen LogP contribution in [0.3, 0.4) is 0 Å². The molecule has 0 radical (unpaired) electrons. The number of rotatable bonds is 4. The average molecular weight is 269 g/mol. The third-order valence-electron chi connectivity index (χ3n) is 2.78. The van der Waals surface area contributed by atoms with Crippen LogP contribution in [0.15, 0.2) is 30.6 Å². The zero-order chi connectivity index (χ0) is 13.1. The summed E-state index contributed by atoms with van der Waals surface area (Å²) in [5.41, 5.74) is 1.43. The summed E-state index contributed by atoms with van der Waals surface area (Å²) >= 11 is 5.61. The summed E-state index contributed by atoms with van der Waals surface area (Å²) in [5, 5.41) is 14.2. The van der Waals surface area contributed by atoms with Crippen molar-refractivity contribution in [2.24, 2.45) is 0 Å². The molecule has 96 valence electrons. The molecule has 2 rings (SSSR count). The van der Waals surface area contributed by atoms with Gasteiger partial charge < -0.3 is 5.11 Å². The second-order valence-electron chi connectivity index (χ2n) is 4.10. The molecule has 2 aromatic rings. The van der Waals surface area contributed by atoms with Gasteiger partial charge in [0, 0.05) is 24.7 Å². The first-order valence-electron chi connectivity index (χ1n) is 5.74. The molecule has 1 unspecified atom stereocenters. The maximum atomic E-state index is 13.3. The van der Waals surface area contributed by atoms with Crippen LogP contribution in [0.2, 0.25) is 5.02 Å². The Hall–Kier alpha value is -1.39. The monoisotopic (exact) mass is 268 g/mol. The van der Waals surface area contributed by atoms with Crippen LogP contribution in [-0.2, 0) is 13.0 Å². The van der Waals surface area contributed by atoms with E-state index < -0.39 is 11.9 Å². The van der Waals surface area contributed by atoms with Crippen LogP contribution in [-0.4, -0.2) is 14.9 Å². The summed E-state index contributed by atoms with van der Waals surface area (Å²) in [5.74, 6) is -0.467. The standard InChI is InChI=1S/C13H14ClFN2O/c1-2-17-8-10(7-16-17)13(18)6-9-3-4-11(14)12(15)5-9/h3-5,7-8,13,18H,2,6H2,1H3. The Labute approximate surface area is 110 Å². The van der Waals surface area contributed by atoms with Gasteiger partial charge in [-0.25, -0.2) is 4.39 Å². The van der Waals surface area contributed by atoms with Gasteiger partial charge in [-0.2, -0.15) is 5.10 Å². The minimum Gasteiger partial charge on any atom is -0.388 e. The quantitative estimate of drug-likeness (QED) is 0.926. The van der Waals surface area contributed by atoms with Crippen molar-refractivity contribution < 1.29 is 9.50 Å². The predicted octanol–water partition coefficient (Wildman–Crippen LogP) is 2.97. The Morgan fingerprint density at radius 3 is 2.89 bits per heavy atom. The number of aromatic nitrogens is 2. The van der Waals surface area contributed by atoms with Gasteiger partial charge in [0.15, 0.2) is 0 Å². The number of aliphatic hydroxyl groups excluding tert-OH is 1. The fourth-order valence-corrected chi connectivity index (χ4v) is 1.85. The van der Waals surface area contributed by atoms with Crippen LogP contribution in [0.1, 0.15) is 24.2 Å². The Morgan fingerprint density at radius 2 is 2.28 bits per heavy atom. The number of hydrogen-bond acceptors (Lipinski definition) is 2. The molecule has 0 bridgehead atoms. The van der Waals surface area contributed by atoms with E-state index in [4.69, 9.17) is 11.6 Å². The molecule has 5 heteroatoms. The molecule has 3 nitrogen and oxygen atoms in total. The zero-order valence-electron chi connectivity index (χ0n) is 9.98. The number of benzene rings is 1. The highest BCUT2D eigenvalue weighted by Gasteiger charge is 2.12. The molecule has 0 amide bonds. The van der Waals surface area contributed by atoms with Crippen molar-refractivity contribution in [3.05, 3.63) is 52.6 Å². The highest BCUT2D eigenvalue weighted by atomic mass is 35.5. The average Bonchev–Trinajstić information content (AvgIpc) is 2.82. The molecule has 0 saturated heterocycles. The molecule has 0 saturated carbocycles. The maximum absolute atomic E-state index is 13.3. The zero-order valence-corrected chi connectivity index (χ0v) is 10.7. The highest BCUT2D eigenvalue weighted by Crippen LogP contribution is 2.21. The fraction of sp³-hybridized carbons (Fsp3) is 0.308. The third-order valence-corrected chi connectivity index (χ3v) is 3.08. The highest BCUT2D eigenvalue weighted by molar-refractivity contribution is 6.30. The summed E-state index contributed by atoms with van der Waals surface area (Å²) < 4.78 is 15.0. The molecule has 0 aliphatic carbocycles. The van der Waals surface area contributed by atoms with Crippen molar-refractivity contribution in [3.8, 4) is 0 Å². The minimum atomic E-state index is -0.689. The molecule has 1 N–H and O–H groups in total. The Bertz CT molecular complexity index is 542. The van der Waals surface area contributed by atoms with Crippen LogP contribution in [0.25, 0.3) is 0 Å². The van der Waals surface area contributed by atoms with Crippen molar-refractivity contribution >= 4 is 11.6 Å². The lowest BCUT2D eigenvalue weighted by Crippen LogP contribution is -2.01. The Kier molecular flexibility index (Phi) is 3.99. The van der Waals surface area contributed by atoms with E-state index in [2.05, 4.69) is 5.10 Å². The lowest BCUT2D eigenvalue weighted by molar-refractivity contribution is 0.178. The van der Waals surface area contributed by atoms with Gasteiger partial charge in [0.05, 0.1) is 17.3 Å². The van der Waals surface area contributed by atoms with Gasteiger partial charge in [0.2, 0.25) is 0 Å². The van der Waals surface area contributed by atoms with E-state index in [-0.39, 0.29) is 5.02 Å². The molecule has 0 aliphatic rings.